The zero-order valence-electron chi connectivity index (χ0n) is 18.8. The lowest BCUT2D eigenvalue weighted by molar-refractivity contribution is -0.292. The summed E-state index contributed by atoms with van der Waals surface area (Å²) in [5, 5.41) is 15.7. The summed E-state index contributed by atoms with van der Waals surface area (Å²) in [5.74, 6) is -6.56. The van der Waals surface area contributed by atoms with Gasteiger partial charge in [-0.25, -0.2) is 0 Å². The summed E-state index contributed by atoms with van der Waals surface area (Å²) in [5.41, 5.74) is -6.71. The number of hydrogen-bond donors (Lipinski definition) is 0. The molecule has 3 heterocycles. The van der Waals surface area contributed by atoms with Crippen molar-refractivity contribution in [2.45, 2.75) is 44.1 Å². The fraction of sp³-hybridized carbons (Fsp3) is 0.429. The summed E-state index contributed by atoms with van der Waals surface area (Å²) >= 11 is 0.780. The Morgan fingerprint density at radius 2 is 1.86 bits per heavy atom. The normalized spacial score (nSPS) is 14.6. The predicted octanol–water partition coefficient (Wildman–Crippen LogP) is 5.97. The zero-order valence-corrected chi connectivity index (χ0v) is 19.7. The molecule has 0 radical (unpaired) electrons. The predicted molar refractivity (Wildman–Crippen MR) is 111 cm³/mol. The van der Waals surface area contributed by atoms with Gasteiger partial charge in [0.2, 0.25) is 0 Å². The van der Waals surface area contributed by atoms with E-state index in [0.717, 1.165) is 37.3 Å². The molecule has 16 heteroatoms. The number of rotatable bonds is 6. The third kappa shape index (κ3) is 4.56. The van der Waals surface area contributed by atoms with E-state index < -0.39 is 46.8 Å². The molecule has 0 unspecified atom stereocenters. The number of carbonyl (C=O) groups is 1. The van der Waals surface area contributed by atoms with Crippen molar-refractivity contribution in [1.29, 1.82) is 5.26 Å². The van der Waals surface area contributed by atoms with Crippen molar-refractivity contribution in [3.05, 3.63) is 33.8 Å². The Labute approximate surface area is 206 Å². The van der Waals surface area contributed by atoms with Gasteiger partial charge in [-0.15, -0.1) is 11.3 Å². The first-order valence-corrected chi connectivity index (χ1v) is 11.3. The van der Waals surface area contributed by atoms with Crippen molar-refractivity contribution in [3.63, 3.8) is 0 Å². The van der Waals surface area contributed by atoms with Crippen LogP contribution in [0.2, 0.25) is 0 Å². The van der Waals surface area contributed by atoms with Crippen LogP contribution in [-0.4, -0.2) is 44.5 Å². The first-order chi connectivity index (χ1) is 17.1. The van der Waals surface area contributed by atoms with Gasteiger partial charge in [0.25, 0.3) is 5.91 Å². The maximum atomic E-state index is 13.9. The molecule has 0 saturated heterocycles. The molecule has 7 nitrogen and oxygen atoms in total. The molecule has 0 aromatic carbocycles. The van der Waals surface area contributed by atoms with Gasteiger partial charge in [-0.05, 0) is 25.8 Å². The van der Waals surface area contributed by atoms with E-state index in [1.807, 2.05) is 6.07 Å². The molecule has 1 aliphatic rings. The molecule has 1 saturated carbocycles. The lowest BCUT2D eigenvalue weighted by Gasteiger charge is -2.19. The maximum absolute atomic E-state index is 13.9. The smallest absolute Gasteiger partial charge is 0.355 e. The van der Waals surface area contributed by atoms with E-state index >= 15 is 0 Å². The summed E-state index contributed by atoms with van der Waals surface area (Å²) < 4.78 is 113. The monoisotopic (exact) mass is 553 g/mol. The lowest BCUT2D eigenvalue weighted by Crippen LogP contribution is -2.36. The number of carbonyl (C=O) groups excluding carboxylic acids is 1. The van der Waals surface area contributed by atoms with Gasteiger partial charge in [-0.2, -0.15) is 45.5 Å². The lowest BCUT2D eigenvalue weighted by atomic mass is 10.0. The minimum absolute atomic E-state index is 0.000620. The summed E-state index contributed by atoms with van der Waals surface area (Å²) in [6.07, 6.45) is -10.4. The minimum Gasteiger partial charge on any atom is -0.355 e. The Kier molecular flexibility index (Phi) is 6.34. The minimum atomic E-state index is -6.34. The molecule has 4 rings (SSSR count). The van der Waals surface area contributed by atoms with Crippen LogP contribution >= 0.6 is 11.3 Å². The number of aromatic nitrogens is 3. The summed E-state index contributed by atoms with van der Waals surface area (Å²) in [4.78, 5) is 14.6. The molecule has 3 aromatic rings. The third-order valence-electron chi connectivity index (χ3n) is 5.63. The quantitative estimate of drug-likeness (QED) is 0.351. The fourth-order valence-electron chi connectivity index (χ4n) is 3.81. The maximum Gasteiger partial charge on any atom is 0.459 e. The van der Waals surface area contributed by atoms with Crippen LogP contribution in [-0.2, 0) is 19.1 Å². The number of thiophene rings is 1. The highest BCUT2D eigenvalue weighted by molar-refractivity contribution is 7.16. The van der Waals surface area contributed by atoms with Gasteiger partial charge in [0, 0.05) is 25.7 Å². The molecule has 1 fully saturated rings. The fourth-order valence-corrected chi connectivity index (χ4v) is 4.70. The third-order valence-corrected chi connectivity index (χ3v) is 6.69. The van der Waals surface area contributed by atoms with Gasteiger partial charge < -0.3 is 9.42 Å². The number of halogens is 8. The van der Waals surface area contributed by atoms with Crippen LogP contribution in [0.1, 0.15) is 46.3 Å². The Hall–Kier alpha value is -3.48. The molecular formula is C21H15F8N5O2S. The molecule has 198 valence electrons. The van der Waals surface area contributed by atoms with Crippen molar-refractivity contribution >= 4 is 17.2 Å². The van der Waals surface area contributed by atoms with E-state index in [2.05, 4.69) is 10.3 Å². The zero-order chi connectivity index (χ0) is 27.5. The molecule has 0 spiro atoms. The summed E-state index contributed by atoms with van der Waals surface area (Å²) in [6.45, 7) is 2.15. The average Bonchev–Trinajstić information content (AvgIpc) is 3.21. The molecule has 3 aromatic heterocycles. The molecule has 1 amide bonds. The number of alkyl halides is 8. The largest absolute Gasteiger partial charge is 0.459 e. The molecule has 0 aliphatic heterocycles. The number of nitriles is 1. The molecule has 0 atom stereocenters. The van der Waals surface area contributed by atoms with Crippen LogP contribution in [0.5, 0.6) is 0 Å². The van der Waals surface area contributed by atoms with E-state index in [4.69, 9.17) is 4.52 Å². The van der Waals surface area contributed by atoms with Gasteiger partial charge in [-0.3, -0.25) is 9.48 Å². The summed E-state index contributed by atoms with van der Waals surface area (Å²) in [7, 11) is 0.752. The molecule has 1 aliphatic carbocycles. The van der Waals surface area contributed by atoms with Crippen molar-refractivity contribution in [3.8, 4) is 28.1 Å². The van der Waals surface area contributed by atoms with Gasteiger partial charge >= 0.3 is 18.3 Å². The highest BCUT2D eigenvalue weighted by Gasteiger charge is 2.64. The van der Waals surface area contributed by atoms with E-state index in [1.54, 1.807) is 11.8 Å². The first-order valence-electron chi connectivity index (χ1n) is 10.5. The summed E-state index contributed by atoms with van der Waals surface area (Å²) in [6, 6.07) is 4.08. The Bertz CT molecular complexity index is 1390. The SMILES string of the molecule is CCN(C(=O)c1cc(-c2cc(-c3c(C(F)(F)F)c(C(F)(F)C(F)(F)F)nn3C)no2)sc1C#N)C1CC1. The van der Waals surface area contributed by atoms with Gasteiger partial charge in [-0.1, -0.05) is 5.16 Å². The molecular weight excluding hydrogens is 538 g/mol. The molecule has 0 N–H and O–H groups in total. The van der Waals surface area contributed by atoms with Crippen molar-refractivity contribution in [2.24, 2.45) is 7.05 Å². The molecule has 37 heavy (non-hydrogen) atoms. The van der Waals surface area contributed by atoms with E-state index in [1.165, 1.54) is 6.07 Å². The number of nitrogens with zero attached hydrogens (tertiary/aromatic N) is 5. The second-order valence-corrected chi connectivity index (χ2v) is 9.18. The number of amides is 1. The Morgan fingerprint density at radius 1 is 1.22 bits per heavy atom. The van der Waals surface area contributed by atoms with Gasteiger partial charge in [0.05, 0.1) is 10.4 Å². The van der Waals surface area contributed by atoms with Crippen LogP contribution in [0.15, 0.2) is 16.7 Å². The number of hydrogen-bond acceptors (Lipinski definition) is 6. The van der Waals surface area contributed by atoms with Gasteiger partial charge in [0.15, 0.2) is 11.5 Å². The van der Waals surface area contributed by atoms with Crippen molar-refractivity contribution < 1.29 is 44.4 Å². The Balaban J connectivity index is 1.79. The van der Waals surface area contributed by atoms with E-state index in [-0.39, 0.29) is 31.8 Å². The highest BCUT2D eigenvalue weighted by Crippen LogP contribution is 2.50. The van der Waals surface area contributed by atoms with E-state index in [0.29, 0.717) is 6.54 Å². The standard InChI is InChI=1S/C21H15F8N5O2S/c1-3-34(9-4-5-9)18(35)10-6-13(37-14(10)8-30)12-7-11(32-36-12)16-15(20(24,25)26)17(31-33(16)2)19(22,23)21(27,28)29/h6-7,9H,3-5H2,1-2H3. The topological polar surface area (TPSA) is 87.9 Å². The number of aryl methyl sites for hydroxylation is 1. The molecule has 0 bridgehead atoms. The van der Waals surface area contributed by atoms with Crippen LogP contribution in [0.4, 0.5) is 35.1 Å². The average molecular weight is 553 g/mol. The highest BCUT2D eigenvalue weighted by atomic mass is 32.1. The Morgan fingerprint density at radius 3 is 2.38 bits per heavy atom. The van der Waals surface area contributed by atoms with Crippen LogP contribution < -0.4 is 0 Å². The van der Waals surface area contributed by atoms with Crippen molar-refractivity contribution in [1.82, 2.24) is 19.8 Å². The second-order valence-electron chi connectivity index (χ2n) is 8.13. The first kappa shape index (κ1) is 26.6. The van der Waals surface area contributed by atoms with E-state index in [9.17, 15) is 45.2 Å². The van der Waals surface area contributed by atoms with Crippen LogP contribution in [0.3, 0.4) is 0 Å². The van der Waals surface area contributed by atoms with Crippen molar-refractivity contribution in [2.75, 3.05) is 6.54 Å². The van der Waals surface area contributed by atoms with Crippen LogP contribution in [0.25, 0.3) is 22.0 Å². The second kappa shape index (κ2) is 8.82. The van der Waals surface area contributed by atoms with Crippen LogP contribution in [0, 0.1) is 11.3 Å². The van der Waals surface area contributed by atoms with Gasteiger partial charge in [0.1, 0.15) is 27.9 Å².